The summed E-state index contributed by atoms with van der Waals surface area (Å²) in [6.45, 7) is 1.83. The molecule has 0 spiro atoms. The molecule has 0 bridgehead atoms. The molecule has 1 aliphatic rings. The SMILES string of the molecule is CNC(Cc1cnn(C)c1)C1CCOCC1. The summed E-state index contributed by atoms with van der Waals surface area (Å²) in [6, 6.07) is 0.549. The third kappa shape index (κ3) is 2.83. The van der Waals surface area contributed by atoms with E-state index >= 15 is 0 Å². The summed E-state index contributed by atoms with van der Waals surface area (Å²) in [5, 5.41) is 7.65. The van der Waals surface area contributed by atoms with Gasteiger partial charge in [0.15, 0.2) is 0 Å². The normalized spacial score (nSPS) is 19.9. The van der Waals surface area contributed by atoms with E-state index in [0.29, 0.717) is 6.04 Å². The highest BCUT2D eigenvalue weighted by atomic mass is 16.5. The second-order valence-corrected chi connectivity index (χ2v) is 4.57. The molecule has 0 radical (unpaired) electrons. The average molecular weight is 223 g/mol. The van der Waals surface area contributed by atoms with Crippen molar-refractivity contribution in [3.63, 3.8) is 0 Å². The molecule has 0 amide bonds. The summed E-state index contributed by atoms with van der Waals surface area (Å²) in [5.74, 6) is 0.735. The fraction of sp³-hybridized carbons (Fsp3) is 0.750. The molecule has 1 aromatic heterocycles. The molecule has 1 aliphatic heterocycles. The number of hydrogen-bond acceptors (Lipinski definition) is 3. The molecule has 2 heterocycles. The fourth-order valence-corrected chi connectivity index (χ4v) is 2.45. The van der Waals surface area contributed by atoms with Crippen molar-refractivity contribution < 1.29 is 4.74 Å². The lowest BCUT2D eigenvalue weighted by atomic mass is 9.88. The minimum atomic E-state index is 0.549. The van der Waals surface area contributed by atoms with Gasteiger partial charge in [0.25, 0.3) is 0 Å². The van der Waals surface area contributed by atoms with Crippen molar-refractivity contribution in [1.29, 1.82) is 0 Å². The van der Waals surface area contributed by atoms with Gasteiger partial charge in [0.2, 0.25) is 0 Å². The quantitative estimate of drug-likeness (QED) is 0.827. The summed E-state index contributed by atoms with van der Waals surface area (Å²) in [5.41, 5.74) is 1.31. The first-order chi connectivity index (χ1) is 7.79. The molecule has 0 saturated carbocycles. The van der Waals surface area contributed by atoms with Gasteiger partial charge in [0.1, 0.15) is 0 Å². The predicted octanol–water partition coefficient (Wildman–Crippen LogP) is 0.977. The molecule has 1 atom stereocenters. The van der Waals surface area contributed by atoms with E-state index < -0.39 is 0 Å². The van der Waals surface area contributed by atoms with Crippen LogP contribution in [0.3, 0.4) is 0 Å². The van der Waals surface area contributed by atoms with E-state index in [9.17, 15) is 0 Å². The van der Waals surface area contributed by atoms with Gasteiger partial charge >= 0.3 is 0 Å². The van der Waals surface area contributed by atoms with Crippen LogP contribution in [0.25, 0.3) is 0 Å². The fourth-order valence-electron chi connectivity index (χ4n) is 2.45. The molecular weight excluding hydrogens is 202 g/mol. The molecule has 1 saturated heterocycles. The Kier molecular flexibility index (Phi) is 3.96. The Labute approximate surface area is 97.0 Å². The van der Waals surface area contributed by atoms with Crippen LogP contribution in [0.2, 0.25) is 0 Å². The lowest BCUT2D eigenvalue weighted by Gasteiger charge is -2.29. The Hall–Kier alpha value is -0.870. The van der Waals surface area contributed by atoms with Crippen LogP contribution >= 0.6 is 0 Å². The number of likely N-dealkylation sites (N-methyl/N-ethyl adjacent to an activating group) is 1. The molecule has 1 fully saturated rings. The number of nitrogens with one attached hydrogen (secondary N) is 1. The molecule has 1 unspecified atom stereocenters. The molecule has 90 valence electrons. The lowest BCUT2D eigenvalue weighted by molar-refractivity contribution is 0.0547. The number of aromatic nitrogens is 2. The van der Waals surface area contributed by atoms with Crippen molar-refractivity contribution in [2.75, 3.05) is 20.3 Å². The van der Waals surface area contributed by atoms with Gasteiger partial charge in [0.05, 0.1) is 6.20 Å². The van der Waals surface area contributed by atoms with E-state index in [4.69, 9.17) is 4.74 Å². The maximum atomic E-state index is 5.40. The van der Waals surface area contributed by atoms with Crippen LogP contribution in [0, 0.1) is 5.92 Å². The van der Waals surface area contributed by atoms with E-state index in [1.54, 1.807) is 0 Å². The van der Waals surface area contributed by atoms with Crippen LogP contribution in [0.4, 0.5) is 0 Å². The Bertz CT molecular complexity index is 318. The van der Waals surface area contributed by atoms with Crippen molar-refractivity contribution in [2.24, 2.45) is 13.0 Å². The Morgan fingerprint density at radius 2 is 2.31 bits per heavy atom. The third-order valence-corrected chi connectivity index (χ3v) is 3.42. The summed E-state index contributed by atoms with van der Waals surface area (Å²) < 4.78 is 7.27. The standard InChI is InChI=1S/C12H21N3O/c1-13-12(11-3-5-16-6-4-11)7-10-8-14-15(2)9-10/h8-9,11-13H,3-7H2,1-2H3. The Balaban J connectivity index is 1.94. The smallest absolute Gasteiger partial charge is 0.0522 e. The minimum Gasteiger partial charge on any atom is -0.381 e. The first-order valence-electron chi connectivity index (χ1n) is 6.02. The summed E-state index contributed by atoms with van der Waals surface area (Å²) in [7, 11) is 4.02. The molecule has 1 aromatic rings. The van der Waals surface area contributed by atoms with Gasteiger partial charge < -0.3 is 10.1 Å². The number of hydrogen-bond donors (Lipinski definition) is 1. The molecule has 16 heavy (non-hydrogen) atoms. The van der Waals surface area contributed by atoms with E-state index in [1.165, 1.54) is 18.4 Å². The van der Waals surface area contributed by atoms with Crippen LogP contribution in [0.1, 0.15) is 18.4 Å². The highest BCUT2D eigenvalue weighted by molar-refractivity contribution is 5.06. The molecule has 4 heteroatoms. The third-order valence-electron chi connectivity index (χ3n) is 3.42. The highest BCUT2D eigenvalue weighted by Crippen LogP contribution is 2.21. The zero-order valence-electron chi connectivity index (χ0n) is 10.1. The van der Waals surface area contributed by atoms with Gasteiger partial charge in [-0.05, 0) is 37.8 Å². The monoisotopic (exact) mass is 223 g/mol. The van der Waals surface area contributed by atoms with Gasteiger partial charge in [-0.1, -0.05) is 0 Å². The second-order valence-electron chi connectivity index (χ2n) is 4.57. The maximum Gasteiger partial charge on any atom is 0.0522 e. The van der Waals surface area contributed by atoms with Gasteiger partial charge in [-0.25, -0.2) is 0 Å². The van der Waals surface area contributed by atoms with Crippen LogP contribution in [-0.4, -0.2) is 36.1 Å². The molecule has 2 rings (SSSR count). The molecular formula is C12H21N3O. The molecule has 0 aliphatic carbocycles. The summed E-state index contributed by atoms with van der Waals surface area (Å²) >= 11 is 0. The number of ether oxygens (including phenoxy) is 1. The van der Waals surface area contributed by atoms with Crippen molar-refractivity contribution in [3.8, 4) is 0 Å². The number of nitrogens with zero attached hydrogens (tertiary/aromatic N) is 2. The van der Waals surface area contributed by atoms with Crippen LogP contribution < -0.4 is 5.32 Å². The van der Waals surface area contributed by atoms with Gasteiger partial charge in [-0.2, -0.15) is 5.10 Å². The van der Waals surface area contributed by atoms with Gasteiger partial charge in [-0.15, -0.1) is 0 Å². The van der Waals surface area contributed by atoms with E-state index in [-0.39, 0.29) is 0 Å². The molecule has 1 N–H and O–H groups in total. The summed E-state index contributed by atoms with van der Waals surface area (Å²) in [6.07, 6.45) is 7.47. The Morgan fingerprint density at radius 1 is 1.56 bits per heavy atom. The molecule has 4 nitrogen and oxygen atoms in total. The van der Waals surface area contributed by atoms with Crippen molar-refractivity contribution in [1.82, 2.24) is 15.1 Å². The maximum absolute atomic E-state index is 5.40. The van der Waals surface area contributed by atoms with Crippen LogP contribution in [0.5, 0.6) is 0 Å². The van der Waals surface area contributed by atoms with Crippen LogP contribution in [0.15, 0.2) is 12.4 Å². The zero-order valence-corrected chi connectivity index (χ0v) is 10.1. The highest BCUT2D eigenvalue weighted by Gasteiger charge is 2.23. The average Bonchev–Trinajstić information content (AvgIpc) is 2.73. The van der Waals surface area contributed by atoms with Crippen molar-refractivity contribution in [2.45, 2.75) is 25.3 Å². The number of aryl methyl sites for hydroxylation is 1. The summed E-state index contributed by atoms with van der Waals surface area (Å²) in [4.78, 5) is 0. The van der Waals surface area contributed by atoms with Gasteiger partial charge in [0, 0.05) is 32.5 Å². The second kappa shape index (κ2) is 5.46. The van der Waals surface area contributed by atoms with E-state index in [1.807, 2.05) is 17.9 Å². The lowest BCUT2D eigenvalue weighted by Crippen LogP contribution is -2.38. The van der Waals surface area contributed by atoms with Crippen molar-refractivity contribution in [3.05, 3.63) is 18.0 Å². The van der Waals surface area contributed by atoms with E-state index in [0.717, 1.165) is 25.6 Å². The zero-order chi connectivity index (χ0) is 11.4. The first-order valence-corrected chi connectivity index (χ1v) is 6.02. The minimum absolute atomic E-state index is 0.549. The Morgan fingerprint density at radius 3 is 2.88 bits per heavy atom. The number of rotatable bonds is 4. The van der Waals surface area contributed by atoms with E-state index in [2.05, 4.69) is 23.7 Å². The largest absolute Gasteiger partial charge is 0.381 e. The van der Waals surface area contributed by atoms with Crippen molar-refractivity contribution >= 4 is 0 Å². The predicted molar refractivity (Wildman–Crippen MR) is 63.3 cm³/mol. The van der Waals surface area contributed by atoms with Crippen LogP contribution in [-0.2, 0) is 18.2 Å². The first kappa shape index (κ1) is 11.6. The van der Waals surface area contributed by atoms with Gasteiger partial charge in [-0.3, -0.25) is 4.68 Å². The topological polar surface area (TPSA) is 39.1 Å². The molecule has 0 aromatic carbocycles.